The third-order valence-corrected chi connectivity index (χ3v) is 4.84. The lowest BCUT2D eigenvalue weighted by molar-refractivity contribution is -0.123. The molecule has 0 bridgehead atoms. The van der Waals surface area contributed by atoms with Crippen LogP contribution in [0.5, 0.6) is 0 Å². The van der Waals surface area contributed by atoms with Gasteiger partial charge in [0, 0.05) is 23.7 Å². The second-order valence-electron chi connectivity index (χ2n) is 5.48. The van der Waals surface area contributed by atoms with E-state index in [2.05, 4.69) is 25.7 Å². The number of aromatic nitrogens is 4. The van der Waals surface area contributed by atoms with Gasteiger partial charge in [-0.2, -0.15) is 4.98 Å². The van der Waals surface area contributed by atoms with Gasteiger partial charge in [-0.1, -0.05) is 6.07 Å². The van der Waals surface area contributed by atoms with Crippen LogP contribution >= 0.6 is 11.3 Å². The molecule has 1 saturated heterocycles. The molecule has 0 saturated carbocycles. The van der Waals surface area contributed by atoms with Gasteiger partial charge in [0.1, 0.15) is 0 Å². The fraction of sp³-hybridized carbons (Fsp3) is 0.267. The van der Waals surface area contributed by atoms with Gasteiger partial charge in [0.25, 0.3) is 11.7 Å². The number of amides is 2. The largest absolute Gasteiger partial charge is 0.346 e. The van der Waals surface area contributed by atoms with Crippen molar-refractivity contribution in [1.29, 1.82) is 0 Å². The highest BCUT2D eigenvalue weighted by Crippen LogP contribution is 2.27. The fourth-order valence-corrected chi connectivity index (χ4v) is 3.60. The zero-order valence-electron chi connectivity index (χ0n) is 12.5. The van der Waals surface area contributed by atoms with Crippen LogP contribution in [-0.2, 0) is 4.79 Å². The van der Waals surface area contributed by atoms with E-state index in [-0.39, 0.29) is 29.7 Å². The zero-order valence-corrected chi connectivity index (χ0v) is 13.4. The Morgan fingerprint density at radius 2 is 2.33 bits per heavy atom. The normalized spacial score (nSPS) is 20.8. The maximum absolute atomic E-state index is 12.5. The first-order valence-electron chi connectivity index (χ1n) is 7.52. The van der Waals surface area contributed by atoms with Gasteiger partial charge < -0.3 is 10.6 Å². The van der Waals surface area contributed by atoms with Crippen molar-refractivity contribution in [1.82, 2.24) is 30.2 Å². The molecule has 2 N–H and O–H groups in total. The van der Waals surface area contributed by atoms with Crippen LogP contribution in [0.4, 0.5) is 0 Å². The number of carbonyl (C=O) groups excluding carboxylic acids is 2. The predicted octanol–water partition coefficient (Wildman–Crippen LogP) is 0.935. The van der Waals surface area contributed by atoms with Crippen molar-refractivity contribution in [3.63, 3.8) is 0 Å². The van der Waals surface area contributed by atoms with Crippen molar-refractivity contribution < 1.29 is 9.59 Å². The molecule has 2 amide bonds. The summed E-state index contributed by atoms with van der Waals surface area (Å²) in [6, 6.07) is 5.16. The molecule has 24 heavy (non-hydrogen) atoms. The number of carbonyl (C=O) groups is 2. The van der Waals surface area contributed by atoms with Crippen LogP contribution in [0.15, 0.2) is 36.0 Å². The van der Waals surface area contributed by atoms with Gasteiger partial charge in [-0.3, -0.25) is 9.59 Å². The van der Waals surface area contributed by atoms with Crippen LogP contribution < -0.4 is 10.6 Å². The zero-order chi connectivity index (χ0) is 16.5. The minimum absolute atomic E-state index is 0.00560. The molecule has 3 aromatic heterocycles. The molecular formula is C15H14N6O2S. The summed E-state index contributed by atoms with van der Waals surface area (Å²) in [7, 11) is 0. The Balaban J connectivity index is 1.56. The quantitative estimate of drug-likeness (QED) is 0.737. The summed E-state index contributed by atoms with van der Waals surface area (Å²) >= 11 is 1.55. The van der Waals surface area contributed by atoms with E-state index >= 15 is 0 Å². The van der Waals surface area contributed by atoms with Crippen LogP contribution in [0.25, 0.3) is 5.78 Å². The van der Waals surface area contributed by atoms with Crippen LogP contribution in [0, 0.1) is 0 Å². The third-order valence-electron chi connectivity index (χ3n) is 3.89. The van der Waals surface area contributed by atoms with E-state index in [1.165, 1.54) is 4.52 Å². The SMILES string of the molecule is O=C1CC[C@@H](NC(=O)c2nc3ncccn3n2)[C@H](c2cccs2)N1. The first-order chi connectivity index (χ1) is 11.7. The van der Waals surface area contributed by atoms with Gasteiger partial charge >= 0.3 is 0 Å². The number of fused-ring (bicyclic) bond motifs is 1. The van der Waals surface area contributed by atoms with Crippen LogP contribution in [-0.4, -0.2) is 37.4 Å². The molecule has 0 radical (unpaired) electrons. The van der Waals surface area contributed by atoms with Gasteiger partial charge in [-0.25, -0.2) is 9.50 Å². The molecule has 4 rings (SSSR count). The standard InChI is InChI=1S/C15H14N6O2S/c22-11-5-4-9(12(18-11)10-3-1-8-24-10)17-14(23)13-19-15-16-6-2-7-21(15)20-13/h1-3,6-9,12H,4-5H2,(H,17,23)(H,18,22)/t9-,12-/m1/s1. The number of thiophene rings is 1. The summed E-state index contributed by atoms with van der Waals surface area (Å²) in [5, 5.41) is 12.0. The van der Waals surface area contributed by atoms with Crippen molar-refractivity contribution in [2.75, 3.05) is 0 Å². The number of hydrogen-bond acceptors (Lipinski definition) is 6. The summed E-state index contributed by atoms with van der Waals surface area (Å²) in [6.07, 6.45) is 4.23. The summed E-state index contributed by atoms with van der Waals surface area (Å²) in [5.74, 6) is 0.0575. The van der Waals surface area contributed by atoms with Crippen molar-refractivity contribution in [3.05, 3.63) is 46.7 Å². The van der Waals surface area contributed by atoms with Crippen molar-refractivity contribution in [2.45, 2.75) is 24.9 Å². The van der Waals surface area contributed by atoms with E-state index in [9.17, 15) is 9.59 Å². The van der Waals surface area contributed by atoms with Gasteiger partial charge in [0.05, 0.1) is 12.1 Å². The molecule has 0 aromatic carbocycles. The Hall–Kier alpha value is -2.81. The average molecular weight is 342 g/mol. The summed E-state index contributed by atoms with van der Waals surface area (Å²) in [6.45, 7) is 0. The van der Waals surface area contributed by atoms with Crippen molar-refractivity contribution in [3.8, 4) is 0 Å². The topological polar surface area (TPSA) is 101 Å². The second-order valence-corrected chi connectivity index (χ2v) is 6.46. The van der Waals surface area contributed by atoms with Crippen molar-refractivity contribution >= 4 is 28.9 Å². The molecule has 122 valence electrons. The molecule has 0 unspecified atom stereocenters. The van der Waals surface area contributed by atoms with E-state index in [4.69, 9.17) is 0 Å². The lowest BCUT2D eigenvalue weighted by Gasteiger charge is -2.31. The van der Waals surface area contributed by atoms with Gasteiger partial charge in [0.15, 0.2) is 0 Å². The lowest BCUT2D eigenvalue weighted by Crippen LogP contribution is -2.50. The van der Waals surface area contributed by atoms with E-state index in [0.717, 1.165) is 4.88 Å². The first-order valence-corrected chi connectivity index (χ1v) is 8.40. The molecule has 4 heterocycles. The highest BCUT2D eigenvalue weighted by Gasteiger charge is 2.32. The Bertz CT molecular complexity index is 857. The Morgan fingerprint density at radius 1 is 1.42 bits per heavy atom. The maximum atomic E-state index is 12.5. The molecule has 1 fully saturated rings. The molecule has 8 nitrogen and oxygen atoms in total. The molecule has 1 aliphatic heterocycles. The Labute approximate surface area is 140 Å². The van der Waals surface area contributed by atoms with Crippen molar-refractivity contribution in [2.24, 2.45) is 0 Å². The molecule has 0 spiro atoms. The predicted molar refractivity (Wildman–Crippen MR) is 86.5 cm³/mol. The number of piperidine rings is 1. The van der Waals surface area contributed by atoms with Gasteiger partial charge in [-0.15, -0.1) is 16.4 Å². The number of hydrogen-bond donors (Lipinski definition) is 2. The summed E-state index contributed by atoms with van der Waals surface area (Å²) < 4.78 is 1.45. The van der Waals surface area contributed by atoms with Gasteiger partial charge in [0.2, 0.25) is 11.7 Å². The van der Waals surface area contributed by atoms with Crippen LogP contribution in [0.3, 0.4) is 0 Å². The first kappa shape index (κ1) is 14.8. The van der Waals surface area contributed by atoms with E-state index in [0.29, 0.717) is 18.6 Å². The van der Waals surface area contributed by atoms with Crippen LogP contribution in [0.2, 0.25) is 0 Å². The molecule has 0 aliphatic carbocycles. The third kappa shape index (κ3) is 2.73. The number of rotatable bonds is 3. The number of nitrogens with one attached hydrogen (secondary N) is 2. The molecule has 1 aliphatic rings. The van der Waals surface area contributed by atoms with Gasteiger partial charge in [-0.05, 0) is 23.9 Å². The smallest absolute Gasteiger partial charge is 0.291 e. The highest BCUT2D eigenvalue weighted by molar-refractivity contribution is 7.10. The molecule has 2 atom stereocenters. The van der Waals surface area contributed by atoms with E-state index < -0.39 is 0 Å². The molecular weight excluding hydrogens is 328 g/mol. The Morgan fingerprint density at radius 3 is 3.12 bits per heavy atom. The Kier molecular flexibility index (Phi) is 3.69. The second kappa shape index (κ2) is 6.00. The summed E-state index contributed by atoms with van der Waals surface area (Å²) in [4.78, 5) is 33.4. The highest BCUT2D eigenvalue weighted by atomic mass is 32.1. The van der Waals surface area contributed by atoms with E-state index in [1.54, 1.807) is 29.8 Å². The maximum Gasteiger partial charge on any atom is 0.291 e. The van der Waals surface area contributed by atoms with Crippen LogP contribution in [0.1, 0.15) is 34.4 Å². The summed E-state index contributed by atoms with van der Waals surface area (Å²) in [5.41, 5.74) is 0. The minimum atomic E-state index is -0.372. The minimum Gasteiger partial charge on any atom is -0.346 e. The number of nitrogens with zero attached hydrogens (tertiary/aromatic N) is 4. The monoisotopic (exact) mass is 342 g/mol. The fourth-order valence-electron chi connectivity index (χ4n) is 2.75. The molecule has 3 aromatic rings. The average Bonchev–Trinajstić information content (AvgIpc) is 3.25. The lowest BCUT2D eigenvalue weighted by atomic mass is 9.96. The molecule has 9 heteroatoms. The van der Waals surface area contributed by atoms with E-state index in [1.807, 2.05) is 17.5 Å².